The highest BCUT2D eigenvalue weighted by Gasteiger charge is 2.43. The van der Waals surface area contributed by atoms with E-state index >= 15 is 0 Å². The van der Waals surface area contributed by atoms with Gasteiger partial charge in [0.1, 0.15) is 5.69 Å². The topological polar surface area (TPSA) is 41.4 Å². The van der Waals surface area contributed by atoms with Crippen molar-refractivity contribution in [1.29, 1.82) is 0 Å². The number of carbonyl (C=O) groups excluding carboxylic acids is 1. The van der Waals surface area contributed by atoms with E-state index in [4.69, 9.17) is 0 Å². The summed E-state index contributed by atoms with van der Waals surface area (Å²) in [5, 5.41) is 0. The number of fused-ring (bicyclic) bond motifs is 3. The number of pyridine rings is 1. The number of likely N-dealkylation sites (N-methyl/N-ethyl adjacent to an activating group) is 1. The molecule has 0 unspecified atom stereocenters. The van der Waals surface area contributed by atoms with Crippen LogP contribution >= 0.6 is 0 Å². The molecule has 0 spiro atoms. The standard InChI is InChI=1S/C16H18N4O/c1-18-14-10-19(9-12-4-2-6-17-8-12)11-15(14)20-7-3-5-13(20)16(18)21/h2-8,14-15H,9-11H2,1H3/t14-,15+/m1/s1. The maximum Gasteiger partial charge on any atom is 0.270 e. The molecule has 0 bridgehead atoms. The Morgan fingerprint density at radius 2 is 2.10 bits per heavy atom. The van der Waals surface area contributed by atoms with Gasteiger partial charge < -0.3 is 9.47 Å². The van der Waals surface area contributed by atoms with Gasteiger partial charge in [0.25, 0.3) is 5.91 Å². The van der Waals surface area contributed by atoms with E-state index in [0.717, 1.165) is 25.3 Å². The van der Waals surface area contributed by atoms with Crippen molar-refractivity contribution < 1.29 is 4.79 Å². The lowest BCUT2D eigenvalue weighted by Crippen LogP contribution is -2.48. The van der Waals surface area contributed by atoms with Crippen LogP contribution in [0.25, 0.3) is 0 Å². The summed E-state index contributed by atoms with van der Waals surface area (Å²) in [6, 6.07) is 8.57. The average molecular weight is 282 g/mol. The second-order valence-electron chi connectivity index (χ2n) is 5.91. The normalized spacial score (nSPS) is 25.0. The third-order valence-electron chi connectivity index (χ3n) is 4.64. The minimum absolute atomic E-state index is 0.129. The van der Waals surface area contributed by atoms with Gasteiger partial charge in [0.05, 0.1) is 12.1 Å². The number of nitrogens with zero attached hydrogens (tertiary/aromatic N) is 4. The molecule has 5 heteroatoms. The number of carbonyl (C=O) groups is 1. The van der Waals surface area contributed by atoms with Gasteiger partial charge in [0.2, 0.25) is 0 Å². The molecule has 4 heterocycles. The Morgan fingerprint density at radius 1 is 1.24 bits per heavy atom. The van der Waals surface area contributed by atoms with Gasteiger partial charge >= 0.3 is 0 Å². The van der Waals surface area contributed by atoms with Crippen LogP contribution in [0.1, 0.15) is 22.1 Å². The largest absolute Gasteiger partial charge is 0.337 e. The van der Waals surface area contributed by atoms with Gasteiger partial charge in [0, 0.05) is 45.3 Å². The minimum Gasteiger partial charge on any atom is -0.337 e. The van der Waals surface area contributed by atoms with E-state index in [9.17, 15) is 4.79 Å². The maximum absolute atomic E-state index is 12.4. The van der Waals surface area contributed by atoms with Crippen molar-refractivity contribution in [3.05, 3.63) is 54.1 Å². The number of aromatic nitrogens is 2. The highest BCUT2D eigenvalue weighted by Crippen LogP contribution is 2.33. The maximum atomic E-state index is 12.4. The quantitative estimate of drug-likeness (QED) is 0.836. The van der Waals surface area contributed by atoms with Crippen molar-refractivity contribution in [2.45, 2.75) is 18.6 Å². The Balaban J connectivity index is 1.59. The molecular weight excluding hydrogens is 264 g/mol. The molecule has 2 aliphatic rings. The Labute approximate surface area is 123 Å². The van der Waals surface area contributed by atoms with Gasteiger partial charge in [-0.2, -0.15) is 0 Å². The zero-order valence-electron chi connectivity index (χ0n) is 12.0. The third kappa shape index (κ3) is 1.96. The fraction of sp³-hybridized carbons (Fsp3) is 0.375. The first-order valence-electron chi connectivity index (χ1n) is 7.29. The summed E-state index contributed by atoms with van der Waals surface area (Å²) >= 11 is 0. The second kappa shape index (κ2) is 4.70. The van der Waals surface area contributed by atoms with E-state index in [1.807, 2.05) is 42.5 Å². The number of rotatable bonds is 2. The van der Waals surface area contributed by atoms with E-state index in [2.05, 4.69) is 20.5 Å². The molecular formula is C16H18N4O. The molecule has 1 amide bonds. The molecule has 0 N–H and O–H groups in total. The predicted molar refractivity (Wildman–Crippen MR) is 78.9 cm³/mol. The number of amides is 1. The molecule has 21 heavy (non-hydrogen) atoms. The van der Waals surface area contributed by atoms with Crippen LogP contribution in [-0.4, -0.2) is 51.4 Å². The number of hydrogen-bond donors (Lipinski definition) is 0. The molecule has 1 saturated heterocycles. The number of hydrogen-bond acceptors (Lipinski definition) is 3. The highest BCUT2D eigenvalue weighted by molar-refractivity contribution is 5.93. The van der Waals surface area contributed by atoms with Crippen molar-refractivity contribution in [2.24, 2.45) is 0 Å². The molecule has 0 saturated carbocycles. The fourth-order valence-electron chi connectivity index (χ4n) is 3.58. The molecule has 108 valence electrons. The van der Waals surface area contributed by atoms with Crippen LogP contribution in [0.15, 0.2) is 42.9 Å². The molecule has 0 radical (unpaired) electrons. The second-order valence-corrected chi connectivity index (χ2v) is 5.91. The zero-order chi connectivity index (χ0) is 14.4. The lowest BCUT2D eigenvalue weighted by Gasteiger charge is -2.35. The van der Waals surface area contributed by atoms with E-state index < -0.39 is 0 Å². The lowest BCUT2D eigenvalue weighted by atomic mass is 10.1. The Hall–Kier alpha value is -2.14. The Morgan fingerprint density at radius 3 is 2.90 bits per heavy atom. The molecule has 0 aromatic carbocycles. The summed E-state index contributed by atoms with van der Waals surface area (Å²) in [7, 11) is 1.92. The Kier molecular flexibility index (Phi) is 2.82. The molecule has 2 aromatic rings. The SMILES string of the molecule is CN1C(=O)c2cccn2[C@H]2CN(Cc3cccnc3)C[C@H]21. The van der Waals surface area contributed by atoms with Gasteiger partial charge in [-0.15, -0.1) is 0 Å². The highest BCUT2D eigenvalue weighted by atomic mass is 16.2. The van der Waals surface area contributed by atoms with Crippen molar-refractivity contribution in [3.8, 4) is 0 Å². The van der Waals surface area contributed by atoms with Crippen molar-refractivity contribution in [2.75, 3.05) is 20.1 Å². The Bertz CT molecular complexity index is 666. The van der Waals surface area contributed by atoms with Gasteiger partial charge in [-0.25, -0.2) is 0 Å². The van der Waals surface area contributed by atoms with Crippen molar-refractivity contribution in [1.82, 2.24) is 19.4 Å². The van der Waals surface area contributed by atoms with Crippen LogP contribution in [0.3, 0.4) is 0 Å². The molecule has 5 nitrogen and oxygen atoms in total. The average Bonchev–Trinajstić information content (AvgIpc) is 3.12. The third-order valence-corrected chi connectivity index (χ3v) is 4.64. The summed E-state index contributed by atoms with van der Waals surface area (Å²) in [6.07, 6.45) is 5.75. The van der Waals surface area contributed by atoms with Crippen molar-refractivity contribution >= 4 is 5.91 Å². The van der Waals surface area contributed by atoms with Crippen LogP contribution in [-0.2, 0) is 6.54 Å². The first kappa shape index (κ1) is 12.6. The van der Waals surface area contributed by atoms with E-state index in [1.54, 1.807) is 6.20 Å². The molecule has 2 atom stereocenters. The van der Waals surface area contributed by atoms with Gasteiger partial charge in [-0.05, 0) is 23.8 Å². The van der Waals surface area contributed by atoms with Gasteiger partial charge in [0.15, 0.2) is 0 Å². The van der Waals surface area contributed by atoms with Crippen LogP contribution in [0.4, 0.5) is 0 Å². The smallest absolute Gasteiger partial charge is 0.270 e. The van der Waals surface area contributed by atoms with Gasteiger partial charge in [-0.1, -0.05) is 6.07 Å². The van der Waals surface area contributed by atoms with Gasteiger partial charge in [-0.3, -0.25) is 14.7 Å². The summed E-state index contributed by atoms with van der Waals surface area (Å²) < 4.78 is 2.15. The van der Waals surface area contributed by atoms with Crippen LogP contribution in [0.5, 0.6) is 0 Å². The van der Waals surface area contributed by atoms with E-state index in [-0.39, 0.29) is 11.9 Å². The lowest BCUT2D eigenvalue weighted by molar-refractivity contribution is 0.0643. The summed E-state index contributed by atoms with van der Waals surface area (Å²) in [5.41, 5.74) is 2.03. The number of likely N-dealkylation sites (tertiary alicyclic amines) is 1. The molecule has 2 aliphatic heterocycles. The molecule has 2 aromatic heterocycles. The first-order chi connectivity index (χ1) is 10.2. The summed E-state index contributed by atoms with van der Waals surface area (Å²) in [5.74, 6) is 0.129. The van der Waals surface area contributed by atoms with Crippen LogP contribution < -0.4 is 0 Å². The predicted octanol–water partition coefficient (Wildman–Crippen LogP) is 1.39. The van der Waals surface area contributed by atoms with E-state index in [0.29, 0.717) is 6.04 Å². The molecule has 1 fully saturated rings. The first-order valence-corrected chi connectivity index (χ1v) is 7.29. The molecule has 4 rings (SSSR count). The zero-order valence-corrected chi connectivity index (χ0v) is 12.0. The van der Waals surface area contributed by atoms with Crippen molar-refractivity contribution in [3.63, 3.8) is 0 Å². The summed E-state index contributed by atoms with van der Waals surface area (Å²) in [4.78, 5) is 20.9. The molecule has 0 aliphatic carbocycles. The van der Waals surface area contributed by atoms with Crippen LogP contribution in [0, 0.1) is 0 Å². The van der Waals surface area contributed by atoms with E-state index in [1.165, 1.54) is 5.56 Å². The monoisotopic (exact) mass is 282 g/mol. The minimum atomic E-state index is 0.129. The fourth-order valence-corrected chi connectivity index (χ4v) is 3.58. The van der Waals surface area contributed by atoms with Crippen LogP contribution in [0.2, 0.25) is 0 Å². The summed E-state index contributed by atoms with van der Waals surface area (Å²) in [6.45, 7) is 2.78.